The van der Waals surface area contributed by atoms with E-state index in [1.54, 1.807) is 0 Å². The molecular weight excluding hydrogens is 810 g/mol. The molecule has 0 unspecified atom stereocenters. The van der Waals surface area contributed by atoms with E-state index in [1.165, 1.54) is 94.3 Å². The number of hydrogen-bond acceptors (Lipinski definition) is 2. The zero-order valence-corrected chi connectivity index (χ0v) is 39.0. The van der Waals surface area contributed by atoms with E-state index in [0.29, 0.717) is 0 Å². The Morgan fingerprint density at radius 1 is 0.448 bits per heavy atom. The van der Waals surface area contributed by atoms with Crippen LogP contribution in [0.3, 0.4) is 0 Å². The monoisotopic (exact) mass is 861 g/mol. The van der Waals surface area contributed by atoms with Crippen LogP contribution in [0.5, 0.6) is 0 Å². The molecular formula is C63H52BN3. The summed E-state index contributed by atoms with van der Waals surface area (Å²) in [4.78, 5) is 5.20. The molecule has 0 atom stereocenters. The molecule has 322 valence electrons. The van der Waals surface area contributed by atoms with Gasteiger partial charge in [-0.3, -0.25) is 0 Å². The molecule has 3 aliphatic rings. The molecule has 13 rings (SSSR count). The third-order valence-corrected chi connectivity index (χ3v) is 15.1. The highest BCUT2D eigenvalue weighted by Gasteiger charge is 2.53. The van der Waals surface area contributed by atoms with Crippen molar-refractivity contribution in [1.82, 2.24) is 4.57 Å². The molecule has 0 aliphatic carbocycles. The summed E-state index contributed by atoms with van der Waals surface area (Å²) in [7, 11) is 0. The Bertz CT molecular complexity index is 3520. The van der Waals surface area contributed by atoms with Gasteiger partial charge in [-0.25, -0.2) is 0 Å². The van der Waals surface area contributed by atoms with E-state index >= 15 is 0 Å². The van der Waals surface area contributed by atoms with Gasteiger partial charge in [-0.2, -0.15) is 0 Å². The third-order valence-electron chi connectivity index (χ3n) is 15.1. The Labute approximate surface area is 394 Å². The Hall–Kier alpha value is -7.56. The lowest BCUT2D eigenvalue weighted by Crippen LogP contribution is -2.62. The fourth-order valence-electron chi connectivity index (χ4n) is 12.0. The first-order valence-electron chi connectivity index (χ1n) is 23.9. The van der Waals surface area contributed by atoms with Gasteiger partial charge in [0.2, 0.25) is 0 Å². The first kappa shape index (κ1) is 39.8. The molecule has 0 saturated carbocycles. The highest BCUT2D eigenvalue weighted by molar-refractivity contribution is 6.93. The molecule has 0 spiro atoms. The van der Waals surface area contributed by atoms with Gasteiger partial charge in [0.15, 0.2) is 0 Å². The van der Waals surface area contributed by atoms with Crippen LogP contribution in [0.4, 0.5) is 28.4 Å². The highest BCUT2D eigenvalue weighted by Crippen LogP contribution is 2.60. The Morgan fingerprint density at radius 2 is 1.01 bits per heavy atom. The van der Waals surface area contributed by atoms with Crippen molar-refractivity contribution in [2.24, 2.45) is 0 Å². The van der Waals surface area contributed by atoms with E-state index in [0.717, 1.165) is 17.1 Å². The number of anilines is 5. The SMILES string of the molecule is CC(C)(C)c1ccc2c(c1)c1cc(C(C)(C)C)cc3c1n2-c1cc(N(c2ccccc2)c2ccccc2)cc2c1B3N1c3ccccc3C(c3ccccc3)(c3ccccc3)c3cccc-2c31. The number of hydrogen-bond donors (Lipinski definition) is 0. The molecule has 67 heavy (non-hydrogen) atoms. The normalized spacial score (nSPS) is 14.2. The summed E-state index contributed by atoms with van der Waals surface area (Å²) in [6.07, 6.45) is 0. The van der Waals surface area contributed by atoms with Crippen molar-refractivity contribution in [3.05, 3.63) is 240 Å². The van der Waals surface area contributed by atoms with Crippen LogP contribution in [0.2, 0.25) is 0 Å². The first-order valence-corrected chi connectivity index (χ1v) is 23.9. The zero-order chi connectivity index (χ0) is 45.4. The maximum atomic E-state index is 2.75. The lowest BCUT2D eigenvalue weighted by Gasteiger charge is -2.52. The fraction of sp³-hybridized carbons (Fsp3) is 0.143. The minimum atomic E-state index is -0.589. The standard InChI is InChI=1S/C63H52BN3/c1-61(2,3)43-34-35-55-49(36-43)51-37-44(62(4,5)6)38-54-60(51)66(55)57-40-47(65(45-26-15-9-16-27-45)46-28-17-10-18-29-46)39-50-48-30-21-32-53-59(48)67(64(54)58(50)57)56-33-20-19-31-52(56)63(53,41-22-11-7-12-23-41)42-24-13-8-14-25-42/h7-40H,1-6H3. The van der Waals surface area contributed by atoms with Crippen LogP contribution in [-0.4, -0.2) is 11.4 Å². The van der Waals surface area contributed by atoms with E-state index in [4.69, 9.17) is 0 Å². The van der Waals surface area contributed by atoms with E-state index in [9.17, 15) is 0 Å². The summed E-state index contributed by atoms with van der Waals surface area (Å²) in [5, 5.41) is 2.62. The van der Waals surface area contributed by atoms with Crippen molar-refractivity contribution in [1.29, 1.82) is 0 Å². The summed E-state index contributed by atoms with van der Waals surface area (Å²) < 4.78 is 2.63. The van der Waals surface area contributed by atoms with Gasteiger partial charge in [0, 0.05) is 50.5 Å². The maximum absolute atomic E-state index is 2.75. The molecule has 0 fully saturated rings. The van der Waals surface area contributed by atoms with Gasteiger partial charge in [-0.15, -0.1) is 0 Å². The van der Waals surface area contributed by atoms with Crippen molar-refractivity contribution in [2.75, 3.05) is 9.71 Å². The second-order valence-corrected chi connectivity index (χ2v) is 20.9. The average Bonchev–Trinajstić information content (AvgIpc) is 3.68. The molecule has 1 aromatic heterocycles. The lowest BCUT2D eigenvalue weighted by atomic mass is 9.42. The molecule has 0 amide bonds. The van der Waals surface area contributed by atoms with Gasteiger partial charge in [0.1, 0.15) is 0 Å². The van der Waals surface area contributed by atoms with Crippen LogP contribution in [0.25, 0.3) is 38.6 Å². The molecule has 3 aliphatic heterocycles. The molecule has 10 aromatic rings. The van der Waals surface area contributed by atoms with Gasteiger partial charge in [0.05, 0.1) is 16.4 Å². The number of para-hydroxylation sites is 4. The minimum Gasteiger partial charge on any atom is -0.376 e. The Balaban J connectivity index is 1.23. The van der Waals surface area contributed by atoms with Gasteiger partial charge < -0.3 is 14.3 Å². The van der Waals surface area contributed by atoms with E-state index in [1.807, 2.05) is 0 Å². The van der Waals surface area contributed by atoms with Gasteiger partial charge in [0.25, 0.3) is 0 Å². The van der Waals surface area contributed by atoms with E-state index in [2.05, 4.69) is 262 Å². The second-order valence-electron chi connectivity index (χ2n) is 20.9. The van der Waals surface area contributed by atoms with Crippen molar-refractivity contribution in [3.63, 3.8) is 0 Å². The predicted molar refractivity (Wildman–Crippen MR) is 284 cm³/mol. The molecule has 3 nitrogen and oxygen atoms in total. The fourth-order valence-corrected chi connectivity index (χ4v) is 12.0. The summed E-state index contributed by atoms with van der Waals surface area (Å²) in [5.74, 6) is 0. The molecule has 9 aromatic carbocycles. The van der Waals surface area contributed by atoms with Gasteiger partial charge >= 0.3 is 6.85 Å². The van der Waals surface area contributed by atoms with Crippen LogP contribution >= 0.6 is 0 Å². The summed E-state index contributed by atoms with van der Waals surface area (Å²) >= 11 is 0. The van der Waals surface area contributed by atoms with Gasteiger partial charge in [-0.05, 0) is 121 Å². The molecule has 0 N–H and O–H groups in total. The van der Waals surface area contributed by atoms with Crippen LogP contribution in [0.15, 0.2) is 206 Å². The summed E-state index contributed by atoms with van der Waals surface area (Å²) in [5.41, 5.74) is 22.0. The number of nitrogens with zero attached hydrogens (tertiary/aromatic N) is 3. The first-order chi connectivity index (χ1) is 32.5. The molecule has 4 heteroatoms. The Kier molecular flexibility index (Phi) is 8.45. The number of fused-ring (bicyclic) bond motifs is 9. The topological polar surface area (TPSA) is 11.4 Å². The molecule has 0 radical (unpaired) electrons. The van der Waals surface area contributed by atoms with Crippen molar-refractivity contribution < 1.29 is 0 Å². The van der Waals surface area contributed by atoms with E-state index in [-0.39, 0.29) is 17.7 Å². The van der Waals surface area contributed by atoms with Crippen LogP contribution in [0, 0.1) is 0 Å². The average molecular weight is 862 g/mol. The molecule has 0 saturated heterocycles. The van der Waals surface area contributed by atoms with E-state index < -0.39 is 5.41 Å². The molecule has 0 bridgehead atoms. The number of aromatic nitrogens is 1. The van der Waals surface area contributed by atoms with Crippen molar-refractivity contribution in [3.8, 4) is 16.8 Å². The highest BCUT2D eigenvalue weighted by atomic mass is 15.2. The minimum absolute atomic E-state index is 0.0115. The van der Waals surface area contributed by atoms with Crippen molar-refractivity contribution in [2.45, 2.75) is 57.8 Å². The van der Waals surface area contributed by atoms with Crippen LogP contribution in [-0.2, 0) is 16.2 Å². The quantitative estimate of drug-likeness (QED) is 0.160. The van der Waals surface area contributed by atoms with Crippen LogP contribution in [0.1, 0.15) is 74.9 Å². The predicted octanol–water partition coefficient (Wildman–Crippen LogP) is 14.8. The maximum Gasteiger partial charge on any atom is 0.333 e. The number of rotatable bonds is 5. The van der Waals surface area contributed by atoms with Gasteiger partial charge in [-0.1, -0.05) is 187 Å². The zero-order valence-electron chi connectivity index (χ0n) is 39.0. The van der Waals surface area contributed by atoms with Crippen molar-refractivity contribution >= 4 is 68.0 Å². The van der Waals surface area contributed by atoms with Crippen LogP contribution < -0.4 is 20.6 Å². The number of benzene rings is 9. The third kappa shape index (κ3) is 5.59. The lowest BCUT2D eigenvalue weighted by molar-refractivity contribution is 0.590. The Morgan fingerprint density at radius 3 is 1.64 bits per heavy atom. The smallest absolute Gasteiger partial charge is 0.333 e. The summed E-state index contributed by atoms with van der Waals surface area (Å²) in [6, 6.07) is 78.0. The largest absolute Gasteiger partial charge is 0.376 e. The molecule has 4 heterocycles. The second kappa shape index (κ2) is 14.2. The summed E-state index contributed by atoms with van der Waals surface area (Å²) in [6.45, 7) is 14.0.